The van der Waals surface area contributed by atoms with Crippen LogP contribution in [-0.2, 0) is 12.4 Å². The zero-order valence-corrected chi connectivity index (χ0v) is 45.0. The number of nitrogens with zero attached hydrogens (tertiary/aromatic N) is 3. The molecule has 0 aliphatic carbocycles. The summed E-state index contributed by atoms with van der Waals surface area (Å²) in [5.41, 5.74) is 13.4. The van der Waals surface area contributed by atoms with Crippen LogP contribution in [0.25, 0.3) is 122 Å². The van der Waals surface area contributed by atoms with E-state index in [-0.39, 0.29) is 5.56 Å². The number of nitriles is 1. The van der Waals surface area contributed by atoms with Gasteiger partial charge in [-0.1, -0.05) is 162 Å². The summed E-state index contributed by atoms with van der Waals surface area (Å²) in [6.45, 7) is 8.14. The zero-order chi connectivity index (χ0) is 56.8. The van der Waals surface area contributed by atoms with Crippen molar-refractivity contribution in [3.63, 3.8) is 0 Å². The minimum Gasteiger partial charge on any atom is -0.309 e. The summed E-state index contributed by atoms with van der Waals surface area (Å²) in [5, 5.41) is 14.3. The summed E-state index contributed by atoms with van der Waals surface area (Å²) in [5.74, 6) is 0. The number of rotatable bonds is 8. The van der Waals surface area contributed by atoms with Crippen LogP contribution in [0, 0.1) is 39.0 Å². The van der Waals surface area contributed by atoms with Gasteiger partial charge in [0.15, 0.2) is 0 Å². The summed E-state index contributed by atoms with van der Waals surface area (Å²) in [6.07, 6.45) is -10.3. The molecular formula is C73H49F6N3. The van der Waals surface area contributed by atoms with Crippen LogP contribution < -0.4 is 0 Å². The first-order chi connectivity index (χ1) is 39.5. The van der Waals surface area contributed by atoms with E-state index in [2.05, 4.69) is 146 Å². The van der Waals surface area contributed by atoms with Crippen molar-refractivity contribution in [3.8, 4) is 84.2 Å². The standard InChI is InChI=1S/C73H49F6N3/c1-43-8-17-48(18-9-43)52-26-32-66-59(37-52)60-38-53(49-19-10-44(2)11-20-49)27-33-67(60)81(66)65-31-16-47(42-80)36-58(65)57-30-25-56(71-63(72(74,75)76)6-5-7-64(71)73(77,78)79)41-70(57)82-68-34-28-54(50-21-12-45(3)13-22-50)39-61(68)62-40-55(29-35-69(62)82)51-23-14-46(4)15-24-51/h5-41H,1-4H3. The minimum absolute atomic E-state index is 0.288. The molecular weight excluding hydrogens is 1030 g/mol. The normalized spacial score (nSPS) is 12.0. The highest BCUT2D eigenvalue weighted by molar-refractivity contribution is 6.14. The van der Waals surface area contributed by atoms with Gasteiger partial charge in [0.1, 0.15) is 0 Å². The maximum atomic E-state index is 15.3. The van der Waals surface area contributed by atoms with Crippen LogP contribution in [0.15, 0.2) is 224 Å². The van der Waals surface area contributed by atoms with Gasteiger partial charge in [-0.05, 0) is 163 Å². The maximum absolute atomic E-state index is 15.3. The number of alkyl halides is 6. The Hall–Kier alpha value is -9.91. The van der Waals surface area contributed by atoms with E-state index in [0.29, 0.717) is 51.2 Å². The monoisotopic (exact) mass is 1080 g/mol. The lowest BCUT2D eigenvalue weighted by Crippen LogP contribution is -2.14. The first-order valence-corrected chi connectivity index (χ1v) is 26.9. The minimum atomic E-state index is -5.15. The number of hydrogen-bond donors (Lipinski definition) is 0. The summed E-state index contributed by atoms with van der Waals surface area (Å²) in [6, 6.07) is 72.2. The molecule has 2 aromatic heterocycles. The average molecular weight is 1080 g/mol. The van der Waals surface area contributed by atoms with Gasteiger partial charge in [-0.25, -0.2) is 0 Å². The summed E-state index contributed by atoms with van der Waals surface area (Å²) >= 11 is 0. The molecule has 0 amide bonds. The molecule has 0 radical (unpaired) electrons. The van der Waals surface area contributed by atoms with Crippen LogP contribution in [0.4, 0.5) is 26.3 Å². The van der Waals surface area contributed by atoms with Gasteiger partial charge in [0.2, 0.25) is 0 Å². The van der Waals surface area contributed by atoms with E-state index >= 15 is 26.3 Å². The second-order valence-electron chi connectivity index (χ2n) is 21.4. The van der Waals surface area contributed by atoms with E-state index in [1.807, 2.05) is 73.0 Å². The number of aryl methyl sites for hydroxylation is 4. The molecule has 0 aliphatic heterocycles. The van der Waals surface area contributed by atoms with Crippen molar-refractivity contribution in [2.75, 3.05) is 0 Å². The highest BCUT2D eigenvalue weighted by atomic mass is 19.4. The Morgan fingerprint density at radius 3 is 0.988 bits per heavy atom. The second-order valence-corrected chi connectivity index (χ2v) is 21.4. The highest BCUT2D eigenvalue weighted by Crippen LogP contribution is 2.49. The predicted molar refractivity (Wildman–Crippen MR) is 321 cm³/mol. The Balaban J connectivity index is 1.14. The van der Waals surface area contributed by atoms with Gasteiger partial charge in [-0.15, -0.1) is 0 Å². The lowest BCUT2D eigenvalue weighted by molar-refractivity contribution is -0.142. The average Bonchev–Trinajstić information content (AvgIpc) is 3.43. The number of benzene rings is 11. The molecule has 3 nitrogen and oxygen atoms in total. The molecule has 13 rings (SSSR count). The molecule has 2 heterocycles. The first kappa shape index (κ1) is 51.5. The fourth-order valence-electron chi connectivity index (χ4n) is 11.7. The van der Waals surface area contributed by atoms with Crippen molar-refractivity contribution in [2.45, 2.75) is 40.0 Å². The predicted octanol–water partition coefficient (Wildman–Crippen LogP) is 21.0. The summed E-state index contributed by atoms with van der Waals surface area (Å²) < 4.78 is 95.6. The Kier molecular flexibility index (Phi) is 12.4. The molecule has 0 unspecified atom stereocenters. The van der Waals surface area contributed by atoms with Gasteiger partial charge in [0.25, 0.3) is 0 Å². The number of fused-ring (bicyclic) bond motifs is 6. The molecule has 0 saturated carbocycles. The topological polar surface area (TPSA) is 33.6 Å². The third-order valence-electron chi connectivity index (χ3n) is 15.9. The largest absolute Gasteiger partial charge is 0.417 e. The molecule has 0 spiro atoms. The molecule has 11 aromatic carbocycles. The van der Waals surface area contributed by atoms with Crippen LogP contribution in [0.3, 0.4) is 0 Å². The molecule has 398 valence electrons. The Morgan fingerprint density at radius 2 is 0.646 bits per heavy atom. The van der Waals surface area contributed by atoms with E-state index in [1.54, 1.807) is 18.2 Å². The van der Waals surface area contributed by atoms with Crippen molar-refractivity contribution in [1.29, 1.82) is 5.26 Å². The number of aromatic nitrogens is 2. The van der Waals surface area contributed by atoms with Crippen molar-refractivity contribution < 1.29 is 26.3 Å². The molecule has 82 heavy (non-hydrogen) atoms. The zero-order valence-electron chi connectivity index (χ0n) is 45.0. The Morgan fingerprint density at radius 1 is 0.317 bits per heavy atom. The molecule has 0 atom stereocenters. The van der Waals surface area contributed by atoms with Crippen LogP contribution in [0.2, 0.25) is 0 Å². The van der Waals surface area contributed by atoms with Crippen molar-refractivity contribution in [1.82, 2.24) is 9.13 Å². The quantitative estimate of drug-likeness (QED) is 0.140. The van der Waals surface area contributed by atoms with Gasteiger partial charge in [-0.2, -0.15) is 31.6 Å². The van der Waals surface area contributed by atoms with Gasteiger partial charge in [-0.3, -0.25) is 0 Å². The van der Waals surface area contributed by atoms with Gasteiger partial charge >= 0.3 is 12.4 Å². The molecule has 9 heteroatoms. The molecule has 0 bridgehead atoms. The molecule has 13 aromatic rings. The number of halogens is 6. The second kappa shape index (κ2) is 19.7. The molecule has 0 fully saturated rings. The van der Waals surface area contributed by atoms with Crippen molar-refractivity contribution >= 4 is 43.6 Å². The van der Waals surface area contributed by atoms with Gasteiger partial charge < -0.3 is 9.13 Å². The van der Waals surface area contributed by atoms with Gasteiger partial charge in [0, 0.05) is 38.2 Å². The van der Waals surface area contributed by atoms with Crippen molar-refractivity contribution in [3.05, 3.63) is 263 Å². The van der Waals surface area contributed by atoms with E-state index < -0.39 is 29.0 Å². The molecule has 0 saturated heterocycles. The fourth-order valence-corrected chi connectivity index (χ4v) is 11.7. The third kappa shape index (κ3) is 9.07. The smallest absolute Gasteiger partial charge is 0.309 e. The van der Waals surface area contributed by atoms with Gasteiger partial charge in [0.05, 0.1) is 56.2 Å². The van der Waals surface area contributed by atoms with Crippen LogP contribution in [0.1, 0.15) is 38.9 Å². The van der Waals surface area contributed by atoms with Crippen LogP contribution in [0.5, 0.6) is 0 Å². The highest BCUT2D eigenvalue weighted by Gasteiger charge is 2.41. The first-order valence-electron chi connectivity index (χ1n) is 26.9. The Labute approximate surface area is 469 Å². The summed E-state index contributed by atoms with van der Waals surface area (Å²) in [7, 11) is 0. The molecule has 0 N–H and O–H groups in total. The summed E-state index contributed by atoms with van der Waals surface area (Å²) in [4.78, 5) is 0. The van der Waals surface area contributed by atoms with Crippen molar-refractivity contribution in [2.24, 2.45) is 0 Å². The number of hydrogen-bond acceptors (Lipinski definition) is 1. The lowest BCUT2D eigenvalue weighted by atomic mass is 9.90. The van der Waals surface area contributed by atoms with E-state index in [1.165, 1.54) is 12.1 Å². The maximum Gasteiger partial charge on any atom is 0.417 e. The van der Waals surface area contributed by atoms with Crippen LogP contribution in [-0.4, -0.2) is 9.13 Å². The SMILES string of the molecule is Cc1ccc(-c2ccc3c(c2)c2cc(-c4ccc(C)cc4)ccc2n3-c2ccc(C#N)cc2-c2ccc(-c3c(C(F)(F)F)cccc3C(F)(F)F)cc2-n2c3ccc(-c4ccc(C)cc4)cc3c3cc(-c4ccc(C)cc4)ccc32)cc1. The van der Waals surface area contributed by atoms with E-state index in [9.17, 15) is 5.26 Å². The fraction of sp³-hybridized carbons (Fsp3) is 0.0822. The van der Waals surface area contributed by atoms with E-state index in [4.69, 9.17) is 0 Å². The Bertz CT molecular complexity index is 4490. The van der Waals surface area contributed by atoms with E-state index in [0.717, 1.165) is 105 Å². The molecule has 0 aliphatic rings. The third-order valence-corrected chi connectivity index (χ3v) is 15.9. The van der Waals surface area contributed by atoms with Crippen LogP contribution >= 0.6 is 0 Å². The lowest BCUT2D eigenvalue weighted by Gasteiger charge is -2.22.